The molecular weight excluding hydrogens is 230 g/mol. The summed E-state index contributed by atoms with van der Waals surface area (Å²) in [5.74, 6) is 0.728. The van der Waals surface area contributed by atoms with Gasteiger partial charge in [0.1, 0.15) is 0 Å². The summed E-state index contributed by atoms with van der Waals surface area (Å²) >= 11 is 1.75. The van der Waals surface area contributed by atoms with Gasteiger partial charge in [-0.3, -0.25) is 0 Å². The van der Waals surface area contributed by atoms with E-state index in [-0.39, 0.29) is 0 Å². The van der Waals surface area contributed by atoms with Crippen molar-refractivity contribution in [3.63, 3.8) is 0 Å². The molecule has 90 valence electrons. The first-order valence-electron chi connectivity index (χ1n) is 5.84. The summed E-state index contributed by atoms with van der Waals surface area (Å²) in [5.41, 5.74) is 3.18. The van der Waals surface area contributed by atoms with Gasteiger partial charge in [0.25, 0.3) is 0 Å². The molecule has 0 bridgehead atoms. The van der Waals surface area contributed by atoms with Crippen LogP contribution >= 0.6 is 11.3 Å². The number of thiophene rings is 1. The highest BCUT2D eigenvalue weighted by molar-refractivity contribution is 7.10. The summed E-state index contributed by atoms with van der Waals surface area (Å²) in [4.78, 5) is 10.2. The Hall–Kier alpha value is -1.42. The molecule has 0 amide bonds. The van der Waals surface area contributed by atoms with Crippen molar-refractivity contribution >= 4 is 17.3 Å². The van der Waals surface area contributed by atoms with Gasteiger partial charge in [0.2, 0.25) is 5.95 Å². The maximum absolute atomic E-state index is 4.54. The molecule has 17 heavy (non-hydrogen) atoms. The summed E-state index contributed by atoms with van der Waals surface area (Å²) in [6.07, 6.45) is 1.07. The van der Waals surface area contributed by atoms with Gasteiger partial charge in [0, 0.05) is 28.1 Å². The third kappa shape index (κ3) is 3.03. The molecule has 0 spiro atoms. The maximum atomic E-state index is 4.54. The highest BCUT2D eigenvalue weighted by Gasteiger charge is 2.05. The summed E-state index contributed by atoms with van der Waals surface area (Å²) in [6, 6.07) is 4.19. The summed E-state index contributed by atoms with van der Waals surface area (Å²) in [5, 5.41) is 5.37. The lowest BCUT2D eigenvalue weighted by Crippen LogP contribution is -2.05. The molecule has 2 aromatic heterocycles. The van der Waals surface area contributed by atoms with Crippen LogP contribution in [0.25, 0.3) is 11.3 Å². The van der Waals surface area contributed by atoms with Crippen molar-refractivity contribution in [3.05, 3.63) is 28.1 Å². The first-order valence-corrected chi connectivity index (χ1v) is 6.72. The molecule has 0 atom stereocenters. The molecule has 4 heteroatoms. The van der Waals surface area contributed by atoms with Crippen LogP contribution in [-0.4, -0.2) is 16.5 Å². The van der Waals surface area contributed by atoms with Crippen LogP contribution in [0.2, 0.25) is 0 Å². The fourth-order valence-corrected chi connectivity index (χ4v) is 2.31. The van der Waals surface area contributed by atoms with E-state index in [1.54, 1.807) is 11.3 Å². The van der Waals surface area contributed by atoms with Crippen molar-refractivity contribution in [2.45, 2.75) is 27.2 Å². The minimum atomic E-state index is 0.728. The minimum absolute atomic E-state index is 0.728. The average Bonchev–Trinajstić information content (AvgIpc) is 2.72. The fourth-order valence-electron chi connectivity index (χ4n) is 1.61. The van der Waals surface area contributed by atoms with E-state index < -0.39 is 0 Å². The molecule has 2 rings (SSSR count). The van der Waals surface area contributed by atoms with Crippen LogP contribution in [0.3, 0.4) is 0 Å². The van der Waals surface area contributed by atoms with Crippen molar-refractivity contribution in [2.75, 3.05) is 11.9 Å². The zero-order chi connectivity index (χ0) is 12.3. The molecule has 2 heterocycles. The second-order valence-corrected chi connectivity index (χ2v) is 5.21. The van der Waals surface area contributed by atoms with Crippen LogP contribution in [-0.2, 0) is 0 Å². The van der Waals surface area contributed by atoms with E-state index in [9.17, 15) is 0 Å². The molecule has 0 aromatic carbocycles. The number of nitrogens with one attached hydrogen (secondary N) is 1. The van der Waals surface area contributed by atoms with Gasteiger partial charge in [-0.1, -0.05) is 6.92 Å². The molecule has 0 unspecified atom stereocenters. The number of hydrogen-bond donors (Lipinski definition) is 1. The van der Waals surface area contributed by atoms with Gasteiger partial charge in [-0.05, 0) is 32.4 Å². The van der Waals surface area contributed by atoms with Crippen LogP contribution in [0, 0.1) is 13.8 Å². The molecule has 3 nitrogen and oxygen atoms in total. The molecule has 0 aliphatic rings. The van der Waals surface area contributed by atoms with Gasteiger partial charge >= 0.3 is 0 Å². The topological polar surface area (TPSA) is 37.8 Å². The average molecular weight is 247 g/mol. The Balaban J connectivity index is 2.31. The molecule has 0 aliphatic carbocycles. The van der Waals surface area contributed by atoms with Crippen LogP contribution in [0.15, 0.2) is 17.5 Å². The summed E-state index contributed by atoms with van der Waals surface area (Å²) in [6.45, 7) is 7.15. The molecule has 1 N–H and O–H groups in total. The molecule has 2 aromatic rings. The molecule has 0 saturated heterocycles. The van der Waals surface area contributed by atoms with Crippen molar-refractivity contribution in [3.8, 4) is 11.3 Å². The Bertz CT molecular complexity index is 505. The van der Waals surface area contributed by atoms with E-state index in [4.69, 9.17) is 0 Å². The van der Waals surface area contributed by atoms with Crippen LogP contribution in [0.1, 0.15) is 23.9 Å². The van der Waals surface area contributed by atoms with E-state index in [0.717, 1.165) is 30.3 Å². The Kier molecular flexibility index (Phi) is 3.74. The second kappa shape index (κ2) is 5.27. The number of anilines is 1. The summed E-state index contributed by atoms with van der Waals surface area (Å²) in [7, 11) is 0. The largest absolute Gasteiger partial charge is 0.354 e. The van der Waals surface area contributed by atoms with Crippen LogP contribution in [0.5, 0.6) is 0 Å². The van der Waals surface area contributed by atoms with Gasteiger partial charge in [0.05, 0.1) is 5.69 Å². The van der Waals surface area contributed by atoms with Gasteiger partial charge < -0.3 is 5.32 Å². The zero-order valence-corrected chi connectivity index (χ0v) is 11.3. The molecule has 0 fully saturated rings. The number of aryl methyl sites for hydroxylation is 2. The lowest BCUT2D eigenvalue weighted by atomic mass is 10.2. The third-order valence-corrected chi connectivity index (χ3v) is 3.28. The highest BCUT2D eigenvalue weighted by atomic mass is 32.1. The van der Waals surface area contributed by atoms with Crippen molar-refractivity contribution < 1.29 is 0 Å². The number of hydrogen-bond acceptors (Lipinski definition) is 4. The van der Waals surface area contributed by atoms with E-state index in [2.05, 4.69) is 40.6 Å². The van der Waals surface area contributed by atoms with Gasteiger partial charge in [0.15, 0.2) is 0 Å². The quantitative estimate of drug-likeness (QED) is 0.896. The predicted molar refractivity (Wildman–Crippen MR) is 73.6 cm³/mol. The Labute approximate surface area is 106 Å². The fraction of sp³-hybridized carbons (Fsp3) is 0.385. The monoisotopic (exact) mass is 247 g/mol. The van der Waals surface area contributed by atoms with Crippen LogP contribution < -0.4 is 5.32 Å². The Morgan fingerprint density at radius 3 is 2.71 bits per heavy atom. The SMILES string of the molecule is CCCNc1nc(C)cc(-c2csc(C)c2)n1. The van der Waals surface area contributed by atoms with Gasteiger partial charge in [-0.15, -0.1) is 11.3 Å². The second-order valence-electron chi connectivity index (χ2n) is 4.09. The van der Waals surface area contributed by atoms with E-state index in [0.29, 0.717) is 0 Å². The van der Waals surface area contributed by atoms with Crippen LogP contribution in [0.4, 0.5) is 5.95 Å². The summed E-state index contributed by atoms with van der Waals surface area (Å²) < 4.78 is 0. The lowest BCUT2D eigenvalue weighted by molar-refractivity contribution is 0.947. The van der Waals surface area contributed by atoms with E-state index >= 15 is 0 Å². The van der Waals surface area contributed by atoms with Gasteiger partial charge in [-0.25, -0.2) is 9.97 Å². The normalized spacial score (nSPS) is 10.5. The number of aromatic nitrogens is 2. The highest BCUT2D eigenvalue weighted by Crippen LogP contribution is 2.24. The standard InChI is InChI=1S/C13H17N3S/c1-4-5-14-13-15-9(2)6-12(16-13)11-7-10(3)17-8-11/h6-8H,4-5H2,1-3H3,(H,14,15,16). The third-order valence-electron chi connectivity index (χ3n) is 2.41. The minimum Gasteiger partial charge on any atom is -0.354 e. The smallest absolute Gasteiger partial charge is 0.223 e. The van der Waals surface area contributed by atoms with E-state index in [1.165, 1.54) is 10.4 Å². The van der Waals surface area contributed by atoms with E-state index in [1.807, 2.05) is 13.0 Å². The van der Waals surface area contributed by atoms with Crippen molar-refractivity contribution in [1.29, 1.82) is 0 Å². The number of nitrogens with zero attached hydrogens (tertiary/aromatic N) is 2. The van der Waals surface area contributed by atoms with Crippen molar-refractivity contribution in [1.82, 2.24) is 9.97 Å². The molecule has 0 saturated carbocycles. The molecule has 0 radical (unpaired) electrons. The molecule has 0 aliphatic heterocycles. The zero-order valence-electron chi connectivity index (χ0n) is 10.4. The van der Waals surface area contributed by atoms with Crippen molar-refractivity contribution in [2.24, 2.45) is 0 Å². The first kappa shape index (κ1) is 12.0. The number of rotatable bonds is 4. The predicted octanol–water partition coefficient (Wildman–Crippen LogP) is 3.64. The lowest BCUT2D eigenvalue weighted by Gasteiger charge is -2.06. The Morgan fingerprint density at radius 2 is 2.06 bits per heavy atom. The Morgan fingerprint density at radius 1 is 1.24 bits per heavy atom. The maximum Gasteiger partial charge on any atom is 0.223 e. The van der Waals surface area contributed by atoms with Gasteiger partial charge in [-0.2, -0.15) is 0 Å². The first-order chi connectivity index (χ1) is 8.19. The molecular formula is C13H17N3S.